The Morgan fingerprint density at radius 3 is 2.58 bits per heavy atom. The van der Waals surface area contributed by atoms with Crippen molar-refractivity contribution >= 4 is 17.5 Å². The van der Waals surface area contributed by atoms with Crippen molar-refractivity contribution in [1.82, 2.24) is 0 Å². The molecule has 0 unspecified atom stereocenters. The van der Waals surface area contributed by atoms with Crippen molar-refractivity contribution in [1.29, 1.82) is 0 Å². The number of carbonyl (C=O) groups excluding carboxylic acids is 3. The third-order valence-corrected chi connectivity index (χ3v) is 8.61. The van der Waals surface area contributed by atoms with Gasteiger partial charge in [-0.2, -0.15) is 0 Å². The molecule has 4 aliphatic carbocycles. The number of Topliss-reactive ketones (excluding diaryl/α,β-unsaturated/α-hetero) is 2. The lowest BCUT2D eigenvalue weighted by atomic mass is 9.39. The van der Waals surface area contributed by atoms with Crippen LogP contribution in [-0.4, -0.2) is 35.9 Å². The first-order valence-electron chi connectivity index (χ1n) is 9.67. The van der Waals surface area contributed by atoms with E-state index in [9.17, 15) is 19.5 Å². The standard InChI is InChI=1S/C21H28O5/c1-11-12-5-6-13-20(3)14(9-16(23)21(13,10-12)17(11)24)19(2,18(25)26-4)8-7-15(20)22/h12-14,16,23H,1,5-10H2,2-4H3/t12-,13+,14-,16+,19-,20+,21-/m1/s1. The van der Waals surface area contributed by atoms with E-state index < -0.39 is 22.3 Å². The first-order chi connectivity index (χ1) is 12.1. The summed E-state index contributed by atoms with van der Waals surface area (Å²) in [5.74, 6) is -0.658. The minimum absolute atomic E-state index is 0.0460. The molecule has 0 aromatic rings. The zero-order valence-electron chi connectivity index (χ0n) is 15.8. The average molecular weight is 360 g/mol. The molecule has 0 aromatic carbocycles. The number of rotatable bonds is 1. The van der Waals surface area contributed by atoms with Crippen molar-refractivity contribution < 1.29 is 24.2 Å². The van der Waals surface area contributed by atoms with Gasteiger partial charge in [0, 0.05) is 11.8 Å². The summed E-state index contributed by atoms with van der Waals surface area (Å²) in [4.78, 5) is 39.0. The molecule has 4 rings (SSSR count). The molecular formula is C21H28O5. The molecule has 7 atom stereocenters. The number of carbonyl (C=O) groups is 3. The van der Waals surface area contributed by atoms with Crippen molar-refractivity contribution in [2.45, 2.75) is 58.5 Å². The number of esters is 1. The van der Waals surface area contributed by atoms with Gasteiger partial charge in [-0.25, -0.2) is 0 Å². The van der Waals surface area contributed by atoms with E-state index in [1.807, 2.05) is 13.8 Å². The van der Waals surface area contributed by atoms with Gasteiger partial charge < -0.3 is 9.84 Å². The second-order valence-electron chi connectivity index (χ2n) is 9.34. The first kappa shape index (κ1) is 17.9. The number of aliphatic hydroxyl groups excluding tert-OH is 1. The minimum Gasteiger partial charge on any atom is -0.469 e. The third-order valence-electron chi connectivity index (χ3n) is 8.61. The second-order valence-corrected chi connectivity index (χ2v) is 9.34. The van der Waals surface area contributed by atoms with Crippen LogP contribution in [0.5, 0.6) is 0 Å². The molecule has 5 nitrogen and oxygen atoms in total. The Morgan fingerprint density at radius 1 is 1.23 bits per heavy atom. The molecular weight excluding hydrogens is 332 g/mol. The van der Waals surface area contributed by atoms with E-state index >= 15 is 0 Å². The highest BCUT2D eigenvalue weighted by Crippen LogP contribution is 2.70. The van der Waals surface area contributed by atoms with E-state index in [4.69, 9.17) is 4.74 Å². The molecule has 4 aliphatic rings. The summed E-state index contributed by atoms with van der Waals surface area (Å²) in [6.07, 6.45) is 2.36. The second kappa shape index (κ2) is 5.28. The Kier molecular flexibility index (Phi) is 3.63. The van der Waals surface area contributed by atoms with Gasteiger partial charge >= 0.3 is 5.97 Å². The van der Waals surface area contributed by atoms with Crippen LogP contribution in [0.1, 0.15) is 52.4 Å². The number of ketones is 2. The largest absolute Gasteiger partial charge is 0.469 e. The lowest BCUT2D eigenvalue weighted by Crippen LogP contribution is -2.67. The number of allylic oxidation sites excluding steroid dienone is 1. The fraction of sp³-hybridized carbons (Fsp3) is 0.762. The lowest BCUT2D eigenvalue weighted by Gasteiger charge is -2.62. The van der Waals surface area contributed by atoms with Crippen LogP contribution in [-0.2, 0) is 19.1 Å². The normalized spacial score (nSPS) is 50.2. The summed E-state index contributed by atoms with van der Waals surface area (Å²) >= 11 is 0. The van der Waals surface area contributed by atoms with Gasteiger partial charge in [-0.3, -0.25) is 14.4 Å². The summed E-state index contributed by atoms with van der Waals surface area (Å²) < 4.78 is 5.08. The maximum Gasteiger partial charge on any atom is 0.311 e. The van der Waals surface area contributed by atoms with Crippen molar-refractivity contribution in [2.75, 3.05) is 7.11 Å². The fourth-order valence-electron chi connectivity index (χ4n) is 7.19. The molecule has 26 heavy (non-hydrogen) atoms. The van der Waals surface area contributed by atoms with Crippen LogP contribution in [0, 0.1) is 34.0 Å². The molecule has 0 radical (unpaired) electrons. The Hall–Kier alpha value is -1.49. The minimum atomic E-state index is -0.894. The van der Waals surface area contributed by atoms with Gasteiger partial charge in [0.15, 0.2) is 5.78 Å². The highest BCUT2D eigenvalue weighted by Gasteiger charge is 2.73. The highest BCUT2D eigenvalue weighted by atomic mass is 16.5. The summed E-state index contributed by atoms with van der Waals surface area (Å²) in [7, 11) is 1.37. The van der Waals surface area contributed by atoms with Crippen molar-refractivity contribution in [3.63, 3.8) is 0 Å². The van der Waals surface area contributed by atoms with E-state index in [1.165, 1.54) is 7.11 Å². The van der Waals surface area contributed by atoms with Crippen LogP contribution in [0.25, 0.3) is 0 Å². The number of ether oxygens (including phenoxy) is 1. The van der Waals surface area contributed by atoms with Crippen LogP contribution in [0.2, 0.25) is 0 Å². The van der Waals surface area contributed by atoms with Crippen molar-refractivity contribution in [2.24, 2.45) is 34.0 Å². The Morgan fingerprint density at radius 2 is 1.92 bits per heavy atom. The van der Waals surface area contributed by atoms with Crippen LogP contribution in [0.3, 0.4) is 0 Å². The summed E-state index contributed by atoms with van der Waals surface area (Å²) in [5.41, 5.74) is -1.87. The first-order valence-corrected chi connectivity index (χ1v) is 9.67. The molecule has 1 spiro atoms. The zero-order valence-corrected chi connectivity index (χ0v) is 15.8. The molecule has 5 heteroatoms. The third kappa shape index (κ3) is 1.78. The number of methoxy groups -OCH3 is 1. The van der Waals surface area contributed by atoms with E-state index in [2.05, 4.69) is 6.58 Å². The van der Waals surface area contributed by atoms with Gasteiger partial charge in [0.1, 0.15) is 5.78 Å². The quantitative estimate of drug-likeness (QED) is 0.574. The molecule has 0 heterocycles. The number of fused-ring (bicyclic) bond motifs is 3. The van der Waals surface area contributed by atoms with Gasteiger partial charge in [0.25, 0.3) is 0 Å². The molecule has 142 valence electrons. The van der Waals surface area contributed by atoms with Crippen LogP contribution < -0.4 is 0 Å². The van der Waals surface area contributed by atoms with Crippen molar-refractivity contribution in [3.05, 3.63) is 12.2 Å². The van der Waals surface area contributed by atoms with Gasteiger partial charge in [-0.05, 0) is 62.4 Å². The van der Waals surface area contributed by atoms with Crippen LogP contribution in [0.15, 0.2) is 12.2 Å². The number of hydrogen-bond acceptors (Lipinski definition) is 5. The van der Waals surface area contributed by atoms with Crippen LogP contribution >= 0.6 is 0 Å². The Bertz CT molecular complexity index is 726. The van der Waals surface area contributed by atoms with Gasteiger partial charge in [0.05, 0.1) is 24.0 Å². The SMILES string of the molecule is C=C1C(=O)[C@]23C[C@H]1CC[C@H]2[C@]1(C)C(=O)CC[C@@](C)(C(=O)OC)[C@H]1C[C@@H]3O. The average Bonchev–Trinajstić information content (AvgIpc) is 2.82. The monoisotopic (exact) mass is 360 g/mol. The lowest BCUT2D eigenvalue weighted by molar-refractivity contribution is -0.205. The Labute approximate surface area is 154 Å². The predicted molar refractivity (Wildman–Crippen MR) is 94.0 cm³/mol. The van der Waals surface area contributed by atoms with Crippen LogP contribution in [0.4, 0.5) is 0 Å². The van der Waals surface area contributed by atoms with E-state index in [0.717, 1.165) is 12.8 Å². The highest BCUT2D eigenvalue weighted by molar-refractivity contribution is 6.04. The van der Waals surface area contributed by atoms with E-state index in [-0.39, 0.29) is 41.7 Å². The molecule has 0 aromatic heterocycles. The zero-order chi connectivity index (χ0) is 19.1. The molecule has 2 bridgehead atoms. The number of aliphatic hydroxyl groups is 1. The van der Waals surface area contributed by atoms with Gasteiger partial charge in [-0.15, -0.1) is 0 Å². The van der Waals surface area contributed by atoms with Gasteiger partial charge in [-0.1, -0.05) is 13.5 Å². The topological polar surface area (TPSA) is 80.7 Å². The maximum atomic E-state index is 13.2. The summed E-state index contributed by atoms with van der Waals surface area (Å²) in [5, 5.41) is 11.2. The van der Waals surface area contributed by atoms with E-state index in [1.54, 1.807) is 0 Å². The summed E-state index contributed by atoms with van der Waals surface area (Å²) in [6, 6.07) is 0. The molecule has 0 aliphatic heterocycles. The molecule has 0 amide bonds. The Balaban J connectivity index is 1.87. The predicted octanol–water partition coefficient (Wildman–Crippen LogP) is 2.46. The number of hydrogen-bond donors (Lipinski definition) is 1. The summed E-state index contributed by atoms with van der Waals surface area (Å²) in [6.45, 7) is 7.79. The molecule has 4 fully saturated rings. The van der Waals surface area contributed by atoms with Crippen molar-refractivity contribution in [3.8, 4) is 0 Å². The molecule has 1 N–H and O–H groups in total. The smallest absolute Gasteiger partial charge is 0.311 e. The maximum absolute atomic E-state index is 13.2. The van der Waals surface area contributed by atoms with Gasteiger partial charge in [0.2, 0.25) is 0 Å². The fourth-order valence-corrected chi connectivity index (χ4v) is 7.19. The molecule has 4 saturated carbocycles. The molecule has 0 saturated heterocycles. The van der Waals surface area contributed by atoms with E-state index in [0.29, 0.717) is 24.8 Å².